The molecule has 1 fully saturated rings. The fourth-order valence-electron chi connectivity index (χ4n) is 2.50. The molecule has 0 aliphatic carbocycles. The van der Waals surface area contributed by atoms with Gasteiger partial charge < -0.3 is 16.0 Å². The SMILES string of the molecule is CCCN1CCCC(C(C)NCCN)C1. The summed E-state index contributed by atoms with van der Waals surface area (Å²) in [5.74, 6) is 0.817. The van der Waals surface area contributed by atoms with E-state index in [0.717, 1.165) is 19.0 Å². The van der Waals surface area contributed by atoms with Gasteiger partial charge in [-0.1, -0.05) is 6.92 Å². The Bertz CT molecular complexity index is 159. The summed E-state index contributed by atoms with van der Waals surface area (Å²) in [6.45, 7) is 10.1. The van der Waals surface area contributed by atoms with Gasteiger partial charge in [-0.05, 0) is 45.2 Å². The summed E-state index contributed by atoms with van der Waals surface area (Å²) in [5.41, 5.74) is 5.51. The Morgan fingerprint density at radius 1 is 1.53 bits per heavy atom. The predicted molar refractivity (Wildman–Crippen MR) is 66.0 cm³/mol. The largest absolute Gasteiger partial charge is 0.329 e. The molecule has 0 saturated carbocycles. The maximum absolute atomic E-state index is 5.51. The molecule has 1 aliphatic heterocycles. The van der Waals surface area contributed by atoms with Crippen LogP contribution in [-0.2, 0) is 0 Å². The van der Waals surface area contributed by atoms with Crippen molar-refractivity contribution in [3.8, 4) is 0 Å². The van der Waals surface area contributed by atoms with E-state index in [1.165, 1.54) is 38.9 Å². The number of piperidine rings is 1. The zero-order chi connectivity index (χ0) is 11.1. The van der Waals surface area contributed by atoms with Crippen LogP contribution in [0.2, 0.25) is 0 Å². The van der Waals surface area contributed by atoms with Crippen molar-refractivity contribution in [2.75, 3.05) is 32.7 Å². The molecule has 0 radical (unpaired) electrons. The van der Waals surface area contributed by atoms with Gasteiger partial charge in [-0.15, -0.1) is 0 Å². The van der Waals surface area contributed by atoms with Gasteiger partial charge in [0.25, 0.3) is 0 Å². The number of rotatable bonds is 6. The minimum atomic E-state index is 0.619. The Hall–Kier alpha value is -0.120. The van der Waals surface area contributed by atoms with Crippen LogP contribution in [0.4, 0.5) is 0 Å². The van der Waals surface area contributed by atoms with Crippen LogP contribution < -0.4 is 11.1 Å². The molecule has 0 aromatic heterocycles. The minimum Gasteiger partial charge on any atom is -0.329 e. The van der Waals surface area contributed by atoms with Gasteiger partial charge in [-0.25, -0.2) is 0 Å². The molecule has 3 N–H and O–H groups in total. The minimum absolute atomic E-state index is 0.619. The van der Waals surface area contributed by atoms with Crippen LogP contribution in [0.5, 0.6) is 0 Å². The third kappa shape index (κ3) is 4.49. The first-order valence-electron chi connectivity index (χ1n) is 6.43. The van der Waals surface area contributed by atoms with Gasteiger partial charge in [0.1, 0.15) is 0 Å². The Labute approximate surface area is 94.4 Å². The van der Waals surface area contributed by atoms with Crippen LogP contribution in [0.15, 0.2) is 0 Å². The summed E-state index contributed by atoms with van der Waals surface area (Å²) in [6, 6.07) is 0.619. The quantitative estimate of drug-likeness (QED) is 0.693. The highest BCUT2D eigenvalue weighted by Gasteiger charge is 2.23. The number of nitrogens with one attached hydrogen (secondary N) is 1. The molecule has 15 heavy (non-hydrogen) atoms. The second kappa shape index (κ2) is 7.20. The molecule has 1 saturated heterocycles. The molecule has 0 aromatic rings. The fourth-order valence-corrected chi connectivity index (χ4v) is 2.50. The van der Waals surface area contributed by atoms with Crippen molar-refractivity contribution in [1.29, 1.82) is 0 Å². The van der Waals surface area contributed by atoms with E-state index in [0.29, 0.717) is 6.04 Å². The van der Waals surface area contributed by atoms with Gasteiger partial charge in [0.2, 0.25) is 0 Å². The maximum Gasteiger partial charge on any atom is 0.00797 e. The lowest BCUT2D eigenvalue weighted by molar-refractivity contribution is 0.151. The van der Waals surface area contributed by atoms with Crippen molar-refractivity contribution in [2.24, 2.45) is 11.7 Å². The molecule has 0 bridgehead atoms. The molecule has 0 aromatic carbocycles. The van der Waals surface area contributed by atoms with Gasteiger partial charge in [0.15, 0.2) is 0 Å². The van der Waals surface area contributed by atoms with Gasteiger partial charge in [0.05, 0.1) is 0 Å². The lowest BCUT2D eigenvalue weighted by Crippen LogP contribution is -2.45. The third-order valence-corrected chi connectivity index (χ3v) is 3.40. The standard InChI is InChI=1S/C12H27N3/c1-3-8-15-9-4-5-12(10-15)11(2)14-7-6-13/h11-12,14H,3-10,13H2,1-2H3. The van der Waals surface area contributed by atoms with Gasteiger partial charge >= 0.3 is 0 Å². The van der Waals surface area contributed by atoms with Gasteiger partial charge in [-0.2, -0.15) is 0 Å². The first-order chi connectivity index (χ1) is 7.27. The van der Waals surface area contributed by atoms with Crippen LogP contribution in [-0.4, -0.2) is 43.7 Å². The van der Waals surface area contributed by atoms with E-state index >= 15 is 0 Å². The first kappa shape index (κ1) is 12.9. The van der Waals surface area contributed by atoms with Crippen molar-refractivity contribution in [1.82, 2.24) is 10.2 Å². The zero-order valence-corrected chi connectivity index (χ0v) is 10.3. The zero-order valence-electron chi connectivity index (χ0n) is 10.3. The average molecular weight is 213 g/mol. The van der Waals surface area contributed by atoms with Gasteiger partial charge in [-0.3, -0.25) is 0 Å². The highest BCUT2D eigenvalue weighted by atomic mass is 15.1. The van der Waals surface area contributed by atoms with Crippen LogP contribution in [0.3, 0.4) is 0 Å². The summed E-state index contributed by atoms with van der Waals surface area (Å²) in [4.78, 5) is 2.61. The van der Waals surface area contributed by atoms with Crippen molar-refractivity contribution in [3.63, 3.8) is 0 Å². The van der Waals surface area contributed by atoms with Crippen molar-refractivity contribution in [2.45, 2.75) is 39.2 Å². The summed E-state index contributed by atoms with van der Waals surface area (Å²) < 4.78 is 0. The average Bonchev–Trinajstić information content (AvgIpc) is 2.27. The smallest absolute Gasteiger partial charge is 0.00797 e. The van der Waals surface area contributed by atoms with Crippen LogP contribution in [0.25, 0.3) is 0 Å². The van der Waals surface area contributed by atoms with Crippen molar-refractivity contribution in [3.05, 3.63) is 0 Å². The number of nitrogens with two attached hydrogens (primary N) is 1. The Balaban J connectivity index is 2.27. The number of hydrogen-bond donors (Lipinski definition) is 2. The molecular formula is C12H27N3. The highest BCUT2D eigenvalue weighted by Crippen LogP contribution is 2.19. The van der Waals surface area contributed by atoms with E-state index in [4.69, 9.17) is 5.73 Å². The second-order valence-corrected chi connectivity index (χ2v) is 4.73. The second-order valence-electron chi connectivity index (χ2n) is 4.73. The summed E-state index contributed by atoms with van der Waals surface area (Å²) in [7, 11) is 0. The van der Waals surface area contributed by atoms with E-state index in [9.17, 15) is 0 Å². The number of nitrogens with zero attached hydrogens (tertiary/aromatic N) is 1. The van der Waals surface area contributed by atoms with E-state index in [1.54, 1.807) is 0 Å². The number of likely N-dealkylation sites (tertiary alicyclic amines) is 1. The van der Waals surface area contributed by atoms with E-state index in [2.05, 4.69) is 24.1 Å². The molecule has 0 spiro atoms. The highest BCUT2D eigenvalue weighted by molar-refractivity contribution is 4.80. The molecule has 0 amide bonds. The summed E-state index contributed by atoms with van der Waals surface area (Å²) in [5, 5.41) is 3.51. The maximum atomic E-state index is 5.51. The molecule has 1 aliphatic rings. The Kier molecular flexibility index (Phi) is 6.22. The third-order valence-electron chi connectivity index (χ3n) is 3.40. The van der Waals surface area contributed by atoms with E-state index in [1.807, 2.05) is 0 Å². The molecule has 3 nitrogen and oxygen atoms in total. The molecule has 2 atom stereocenters. The molecule has 90 valence electrons. The molecule has 1 heterocycles. The topological polar surface area (TPSA) is 41.3 Å². The lowest BCUT2D eigenvalue weighted by Gasteiger charge is -2.36. The first-order valence-corrected chi connectivity index (χ1v) is 6.43. The van der Waals surface area contributed by atoms with Gasteiger partial charge in [0, 0.05) is 25.7 Å². The van der Waals surface area contributed by atoms with Crippen molar-refractivity contribution >= 4 is 0 Å². The molecule has 3 heteroatoms. The van der Waals surface area contributed by atoms with Crippen LogP contribution in [0, 0.1) is 5.92 Å². The van der Waals surface area contributed by atoms with Crippen LogP contribution >= 0.6 is 0 Å². The predicted octanol–water partition coefficient (Wildman–Crippen LogP) is 1.05. The Morgan fingerprint density at radius 3 is 3.00 bits per heavy atom. The van der Waals surface area contributed by atoms with E-state index < -0.39 is 0 Å². The van der Waals surface area contributed by atoms with E-state index in [-0.39, 0.29) is 0 Å². The fraction of sp³-hybridized carbons (Fsp3) is 1.00. The molecular weight excluding hydrogens is 186 g/mol. The normalized spacial score (nSPS) is 25.4. The van der Waals surface area contributed by atoms with Crippen molar-refractivity contribution < 1.29 is 0 Å². The molecule has 2 unspecified atom stereocenters. The summed E-state index contributed by atoms with van der Waals surface area (Å²) in [6.07, 6.45) is 4.01. The lowest BCUT2D eigenvalue weighted by atomic mass is 9.91. The number of hydrogen-bond acceptors (Lipinski definition) is 3. The summed E-state index contributed by atoms with van der Waals surface area (Å²) >= 11 is 0. The monoisotopic (exact) mass is 213 g/mol. The van der Waals surface area contributed by atoms with Crippen LogP contribution in [0.1, 0.15) is 33.1 Å². The Morgan fingerprint density at radius 2 is 2.33 bits per heavy atom. The molecule has 1 rings (SSSR count).